The van der Waals surface area contributed by atoms with E-state index in [1.54, 1.807) is 24.3 Å². The molecule has 0 aliphatic carbocycles. The SMILES string of the molecule is Cc1cc(S[C@@H](C(=O)Nc2ccc(Cl)cc2C(F)(F)F)c2ccccc2)nc2ccccc12. The van der Waals surface area contributed by atoms with Crippen LogP contribution in [0.2, 0.25) is 5.02 Å². The van der Waals surface area contributed by atoms with E-state index >= 15 is 0 Å². The lowest BCUT2D eigenvalue weighted by atomic mass is 10.1. The third kappa shape index (κ3) is 5.31. The molecule has 168 valence electrons. The molecular formula is C25H18ClF3N2OS. The Kier molecular flexibility index (Phi) is 6.63. The average Bonchev–Trinajstić information content (AvgIpc) is 2.78. The van der Waals surface area contributed by atoms with Crippen molar-refractivity contribution in [2.75, 3.05) is 5.32 Å². The molecule has 4 rings (SSSR count). The summed E-state index contributed by atoms with van der Waals surface area (Å²) in [6.45, 7) is 1.95. The molecule has 0 bridgehead atoms. The number of aryl methyl sites for hydroxylation is 1. The van der Waals surface area contributed by atoms with E-state index in [0.717, 1.165) is 28.6 Å². The van der Waals surface area contributed by atoms with E-state index in [0.29, 0.717) is 10.6 Å². The molecule has 3 nitrogen and oxygen atoms in total. The van der Waals surface area contributed by atoms with Gasteiger partial charge in [-0.15, -0.1) is 0 Å². The third-order valence-corrected chi connectivity index (χ3v) is 6.43. The molecule has 4 aromatic rings. The molecule has 8 heteroatoms. The van der Waals surface area contributed by atoms with Crippen LogP contribution in [0.3, 0.4) is 0 Å². The number of nitrogens with one attached hydrogen (secondary N) is 1. The van der Waals surface area contributed by atoms with Gasteiger partial charge in [-0.05, 0) is 48.4 Å². The van der Waals surface area contributed by atoms with E-state index in [4.69, 9.17) is 11.6 Å². The Hall–Kier alpha value is -3.03. The van der Waals surface area contributed by atoms with Crippen LogP contribution in [0, 0.1) is 6.92 Å². The first kappa shape index (κ1) is 23.1. The summed E-state index contributed by atoms with van der Waals surface area (Å²) in [5, 5.41) is 3.16. The first-order valence-electron chi connectivity index (χ1n) is 9.98. The second kappa shape index (κ2) is 9.45. The lowest BCUT2D eigenvalue weighted by Gasteiger charge is -2.19. The molecule has 1 amide bonds. The van der Waals surface area contributed by atoms with Crippen molar-refractivity contribution in [2.24, 2.45) is 0 Å². The first-order valence-corrected chi connectivity index (χ1v) is 11.2. The molecule has 0 aliphatic rings. The number of rotatable bonds is 5. The summed E-state index contributed by atoms with van der Waals surface area (Å²) in [4.78, 5) is 17.9. The van der Waals surface area contributed by atoms with Gasteiger partial charge in [0.2, 0.25) is 5.91 Å². The van der Waals surface area contributed by atoms with Crippen LogP contribution in [0.1, 0.15) is 21.9 Å². The Morgan fingerprint density at radius 2 is 1.70 bits per heavy atom. The fraction of sp³-hybridized carbons (Fsp3) is 0.120. The number of hydrogen-bond donors (Lipinski definition) is 1. The van der Waals surface area contributed by atoms with E-state index in [9.17, 15) is 18.0 Å². The molecule has 1 heterocycles. The number of para-hydroxylation sites is 1. The number of benzene rings is 3. The number of anilines is 1. The number of hydrogen-bond acceptors (Lipinski definition) is 3. The van der Waals surface area contributed by atoms with Gasteiger partial charge in [-0.1, -0.05) is 71.9 Å². The molecule has 0 aliphatic heterocycles. The molecule has 0 saturated heterocycles. The predicted octanol–water partition coefficient (Wildman–Crippen LogP) is 7.69. The topological polar surface area (TPSA) is 42.0 Å². The number of aromatic nitrogens is 1. The number of alkyl halides is 3. The van der Waals surface area contributed by atoms with Crippen LogP contribution < -0.4 is 5.32 Å². The molecule has 1 N–H and O–H groups in total. The Labute approximate surface area is 198 Å². The van der Waals surface area contributed by atoms with Crippen LogP contribution in [0.5, 0.6) is 0 Å². The normalized spacial score (nSPS) is 12.5. The first-order chi connectivity index (χ1) is 15.7. The highest BCUT2D eigenvalue weighted by Gasteiger charge is 2.35. The van der Waals surface area contributed by atoms with Gasteiger partial charge in [-0.3, -0.25) is 4.79 Å². The Morgan fingerprint density at radius 1 is 1.00 bits per heavy atom. The number of fused-ring (bicyclic) bond motifs is 1. The van der Waals surface area contributed by atoms with Gasteiger partial charge >= 0.3 is 6.18 Å². The summed E-state index contributed by atoms with van der Waals surface area (Å²) >= 11 is 6.95. The van der Waals surface area contributed by atoms with Gasteiger partial charge in [0.05, 0.1) is 21.8 Å². The quantitative estimate of drug-likeness (QED) is 0.294. The fourth-order valence-corrected chi connectivity index (χ4v) is 4.73. The number of thioether (sulfide) groups is 1. The van der Waals surface area contributed by atoms with Gasteiger partial charge in [-0.25, -0.2) is 4.98 Å². The van der Waals surface area contributed by atoms with Crippen LogP contribution in [0.25, 0.3) is 10.9 Å². The number of nitrogens with zero attached hydrogens (tertiary/aromatic N) is 1. The van der Waals surface area contributed by atoms with Gasteiger partial charge in [0.1, 0.15) is 5.25 Å². The number of pyridine rings is 1. The van der Waals surface area contributed by atoms with Gasteiger partial charge in [0.15, 0.2) is 0 Å². The molecule has 33 heavy (non-hydrogen) atoms. The van der Waals surface area contributed by atoms with Gasteiger partial charge in [0.25, 0.3) is 0 Å². The van der Waals surface area contributed by atoms with Crippen molar-refractivity contribution >= 4 is 45.9 Å². The second-order valence-electron chi connectivity index (χ2n) is 7.38. The summed E-state index contributed by atoms with van der Waals surface area (Å²) in [5.41, 5.74) is 1.08. The van der Waals surface area contributed by atoms with E-state index in [-0.39, 0.29) is 10.7 Å². The third-order valence-electron chi connectivity index (χ3n) is 5.02. The number of amides is 1. The molecule has 1 aromatic heterocycles. The lowest BCUT2D eigenvalue weighted by Crippen LogP contribution is -2.21. The maximum absolute atomic E-state index is 13.5. The Bertz CT molecular complexity index is 1310. The smallest absolute Gasteiger partial charge is 0.324 e. The highest BCUT2D eigenvalue weighted by Crippen LogP contribution is 2.40. The van der Waals surface area contributed by atoms with E-state index in [1.165, 1.54) is 17.8 Å². The van der Waals surface area contributed by atoms with Crippen molar-refractivity contribution < 1.29 is 18.0 Å². The molecule has 0 fully saturated rings. The lowest BCUT2D eigenvalue weighted by molar-refractivity contribution is -0.137. The van der Waals surface area contributed by atoms with Crippen LogP contribution in [0.15, 0.2) is 83.9 Å². The maximum atomic E-state index is 13.5. The van der Waals surface area contributed by atoms with E-state index in [1.807, 2.05) is 43.3 Å². The zero-order valence-electron chi connectivity index (χ0n) is 17.4. The molecule has 0 saturated carbocycles. The van der Waals surface area contributed by atoms with Gasteiger partial charge in [0, 0.05) is 10.4 Å². The summed E-state index contributed by atoms with van der Waals surface area (Å²) in [6.07, 6.45) is -4.67. The van der Waals surface area contributed by atoms with Crippen molar-refractivity contribution in [3.63, 3.8) is 0 Å². The number of carbonyl (C=O) groups excluding carboxylic acids is 1. The van der Waals surface area contributed by atoms with Crippen LogP contribution in [0.4, 0.5) is 18.9 Å². The molecule has 0 spiro atoms. The summed E-state index contributed by atoms with van der Waals surface area (Å²) in [6, 6.07) is 21.7. The van der Waals surface area contributed by atoms with Gasteiger partial charge in [-0.2, -0.15) is 13.2 Å². The standard InChI is InChI=1S/C25H18ClF3N2OS/c1-15-13-22(30-20-10-6-5-9-18(15)20)33-23(16-7-3-2-4-8-16)24(32)31-21-12-11-17(26)14-19(21)25(27,28)29/h2-14,23H,1H3,(H,31,32)/t23-/m1/s1. The maximum Gasteiger partial charge on any atom is 0.418 e. The predicted molar refractivity (Wildman–Crippen MR) is 127 cm³/mol. The molecule has 0 radical (unpaired) electrons. The Morgan fingerprint density at radius 3 is 2.42 bits per heavy atom. The molecule has 1 atom stereocenters. The molecule has 0 unspecified atom stereocenters. The largest absolute Gasteiger partial charge is 0.418 e. The van der Waals surface area contributed by atoms with Crippen LogP contribution in [-0.2, 0) is 11.0 Å². The number of halogens is 4. The zero-order valence-corrected chi connectivity index (χ0v) is 18.9. The average molecular weight is 487 g/mol. The minimum absolute atomic E-state index is 0.0647. The number of carbonyl (C=O) groups is 1. The molecular weight excluding hydrogens is 469 g/mol. The summed E-state index contributed by atoms with van der Waals surface area (Å²) in [5.74, 6) is -0.591. The van der Waals surface area contributed by atoms with Crippen molar-refractivity contribution in [3.05, 3.63) is 101 Å². The van der Waals surface area contributed by atoms with E-state index < -0.39 is 22.9 Å². The van der Waals surface area contributed by atoms with Crippen molar-refractivity contribution in [1.82, 2.24) is 4.98 Å². The fourth-order valence-electron chi connectivity index (χ4n) is 3.46. The van der Waals surface area contributed by atoms with Crippen LogP contribution in [-0.4, -0.2) is 10.9 Å². The zero-order chi connectivity index (χ0) is 23.6. The highest BCUT2D eigenvalue weighted by atomic mass is 35.5. The van der Waals surface area contributed by atoms with Crippen molar-refractivity contribution in [2.45, 2.75) is 23.4 Å². The van der Waals surface area contributed by atoms with Crippen LogP contribution >= 0.6 is 23.4 Å². The van der Waals surface area contributed by atoms with E-state index in [2.05, 4.69) is 10.3 Å². The highest BCUT2D eigenvalue weighted by molar-refractivity contribution is 8.00. The Balaban J connectivity index is 1.70. The monoisotopic (exact) mass is 486 g/mol. The summed E-state index contributed by atoms with van der Waals surface area (Å²) < 4.78 is 40.6. The van der Waals surface area contributed by atoms with Gasteiger partial charge < -0.3 is 5.32 Å². The van der Waals surface area contributed by atoms with Crippen molar-refractivity contribution in [3.8, 4) is 0 Å². The second-order valence-corrected chi connectivity index (χ2v) is 8.94. The molecule has 3 aromatic carbocycles. The minimum Gasteiger partial charge on any atom is -0.324 e. The minimum atomic E-state index is -4.67. The summed E-state index contributed by atoms with van der Waals surface area (Å²) in [7, 11) is 0. The van der Waals surface area contributed by atoms with Crippen molar-refractivity contribution in [1.29, 1.82) is 0 Å².